The molecule has 39 heavy (non-hydrogen) atoms. The van der Waals surface area contributed by atoms with E-state index < -0.39 is 0 Å². The number of carbonyl (C=O) groups excluding carboxylic acids is 3. The van der Waals surface area contributed by atoms with Crippen molar-refractivity contribution in [1.29, 1.82) is 0 Å². The number of morpholine rings is 1. The van der Waals surface area contributed by atoms with Gasteiger partial charge in [-0.1, -0.05) is 13.8 Å². The highest BCUT2D eigenvalue weighted by Crippen LogP contribution is 2.63. The normalized spacial score (nSPS) is 24.4. The maximum atomic E-state index is 12.9. The molecule has 2 aliphatic heterocycles. The highest BCUT2D eigenvalue weighted by Gasteiger charge is 2.72. The molecule has 3 atom stereocenters. The summed E-state index contributed by atoms with van der Waals surface area (Å²) < 4.78 is 14.5. The van der Waals surface area contributed by atoms with Crippen LogP contribution in [0.3, 0.4) is 0 Å². The number of imide groups is 1. The van der Waals surface area contributed by atoms with Crippen LogP contribution in [-0.4, -0.2) is 76.6 Å². The topological polar surface area (TPSA) is 94.0 Å². The third kappa shape index (κ3) is 4.29. The van der Waals surface area contributed by atoms with Crippen LogP contribution >= 0.6 is 11.3 Å². The number of aromatic nitrogens is 2. The van der Waals surface area contributed by atoms with Crippen LogP contribution in [0.1, 0.15) is 41.7 Å². The highest BCUT2D eigenvalue weighted by molar-refractivity contribution is 7.19. The number of likely N-dealkylation sites (tertiary alicyclic amines) is 1. The van der Waals surface area contributed by atoms with Crippen molar-refractivity contribution < 1.29 is 23.9 Å². The Balaban J connectivity index is 1.36. The molecule has 5 heterocycles. The minimum atomic E-state index is -0.346. The zero-order valence-electron chi connectivity index (χ0n) is 23.0. The summed E-state index contributed by atoms with van der Waals surface area (Å²) in [5, 5.41) is 0. The van der Waals surface area contributed by atoms with Crippen LogP contribution in [-0.2, 0) is 32.2 Å². The van der Waals surface area contributed by atoms with Gasteiger partial charge in [0.25, 0.3) is 0 Å². The number of likely N-dealkylation sites (N-methyl/N-ethyl adjacent to an activating group) is 1. The number of nitrogens with zero attached hydrogens (tertiary/aromatic N) is 4. The van der Waals surface area contributed by atoms with Gasteiger partial charge in [-0.05, 0) is 44.5 Å². The number of fused-ring (bicyclic) bond motifs is 2. The number of carbonyl (C=O) groups is 3. The first-order valence-corrected chi connectivity index (χ1v) is 14.3. The lowest BCUT2D eigenvalue weighted by atomic mass is 10.1. The molecule has 1 saturated carbocycles. The van der Waals surface area contributed by atoms with Gasteiger partial charge in [0, 0.05) is 35.4 Å². The van der Waals surface area contributed by atoms with Gasteiger partial charge < -0.3 is 18.9 Å². The fraction of sp³-hybridized carbons (Fsp3) is 0.517. The zero-order valence-corrected chi connectivity index (χ0v) is 23.8. The van der Waals surface area contributed by atoms with Crippen molar-refractivity contribution in [3.05, 3.63) is 40.5 Å². The van der Waals surface area contributed by atoms with Crippen molar-refractivity contribution in [2.24, 2.45) is 17.3 Å². The average molecular weight is 551 g/mol. The van der Waals surface area contributed by atoms with E-state index in [1.165, 1.54) is 16.2 Å². The number of hydrogen-bond donors (Lipinski definition) is 0. The Labute approximate surface area is 231 Å². The van der Waals surface area contributed by atoms with Crippen molar-refractivity contribution in [2.75, 3.05) is 33.4 Å². The van der Waals surface area contributed by atoms with Gasteiger partial charge in [0.2, 0.25) is 11.8 Å². The second kappa shape index (κ2) is 9.53. The lowest BCUT2D eigenvalue weighted by molar-refractivity contribution is -0.143. The number of esters is 1. The summed E-state index contributed by atoms with van der Waals surface area (Å²) in [5.41, 5.74) is 3.78. The van der Waals surface area contributed by atoms with Crippen LogP contribution in [0.25, 0.3) is 21.5 Å². The van der Waals surface area contributed by atoms with Crippen molar-refractivity contribution in [3.8, 4) is 11.3 Å². The number of rotatable bonds is 7. The first-order valence-electron chi connectivity index (χ1n) is 13.5. The first-order chi connectivity index (χ1) is 18.6. The number of amides is 2. The smallest absolute Gasteiger partial charge is 0.339 e. The van der Waals surface area contributed by atoms with Gasteiger partial charge in [0.05, 0.1) is 65.7 Å². The number of thiophene rings is 1. The van der Waals surface area contributed by atoms with Crippen LogP contribution < -0.4 is 0 Å². The van der Waals surface area contributed by atoms with Crippen LogP contribution in [0.15, 0.2) is 24.4 Å². The molecule has 0 aromatic carbocycles. The molecule has 3 aromatic heterocycles. The number of ether oxygens (including phenoxy) is 2. The lowest BCUT2D eigenvalue weighted by Gasteiger charge is -2.31. The number of piperidine rings is 1. The number of pyridine rings is 1. The third-order valence-electron chi connectivity index (χ3n) is 8.53. The molecule has 2 saturated heterocycles. The summed E-state index contributed by atoms with van der Waals surface area (Å²) in [5.74, 6) is -0.868. The van der Waals surface area contributed by atoms with Crippen LogP contribution in [0, 0.1) is 24.2 Å². The highest BCUT2D eigenvalue weighted by atomic mass is 32.1. The quantitative estimate of drug-likeness (QED) is 0.327. The second-order valence-corrected chi connectivity index (χ2v) is 12.6. The Kier molecular flexibility index (Phi) is 6.39. The van der Waals surface area contributed by atoms with Crippen LogP contribution in [0.4, 0.5) is 0 Å². The third-order valence-corrected chi connectivity index (χ3v) is 9.68. The fourth-order valence-electron chi connectivity index (χ4n) is 6.28. The van der Waals surface area contributed by atoms with Crippen LogP contribution in [0.5, 0.6) is 0 Å². The van der Waals surface area contributed by atoms with E-state index in [-0.39, 0.29) is 47.7 Å². The standard InChI is InChI=1S/C29H34N4O5S/c1-6-37-28(36)20-12-22(32(16(20)2)14-17-13-31(5)9-10-38-17)19-7-8-30-21-11-18(39-25(19)21)15-33-26(34)23-24(27(33)35)29(23,3)4/h7-8,11-12,17,23-24H,6,9-10,13-15H2,1-5H3/t17-,23?,24?/m0/s1. The van der Waals surface area contributed by atoms with Gasteiger partial charge in [-0.2, -0.15) is 0 Å². The molecular weight excluding hydrogens is 516 g/mol. The summed E-state index contributed by atoms with van der Waals surface area (Å²) in [6.45, 7) is 11.3. The summed E-state index contributed by atoms with van der Waals surface area (Å²) >= 11 is 1.54. The largest absolute Gasteiger partial charge is 0.462 e. The van der Waals surface area contributed by atoms with Crippen molar-refractivity contribution in [1.82, 2.24) is 19.4 Å². The van der Waals surface area contributed by atoms with Gasteiger partial charge in [-0.25, -0.2) is 4.79 Å². The fourth-order valence-corrected chi connectivity index (χ4v) is 7.41. The molecule has 6 rings (SSSR count). The maximum absolute atomic E-state index is 12.9. The molecule has 0 spiro atoms. The van der Waals surface area contributed by atoms with E-state index in [0.717, 1.165) is 45.1 Å². The summed E-state index contributed by atoms with van der Waals surface area (Å²) in [4.78, 5) is 47.9. The molecule has 3 aromatic rings. The Morgan fingerprint density at radius 2 is 1.97 bits per heavy atom. The molecule has 9 nitrogen and oxygen atoms in total. The minimum Gasteiger partial charge on any atom is -0.462 e. The predicted molar refractivity (Wildman–Crippen MR) is 147 cm³/mol. The molecule has 0 radical (unpaired) electrons. The van der Waals surface area contributed by atoms with Gasteiger partial charge in [0.1, 0.15) is 0 Å². The van der Waals surface area contributed by atoms with E-state index in [9.17, 15) is 14.4 Å². The van der Waals surface area contributed by atoms with Crippen molar-refractivity contribution >= 4 is 39.3 Å². The van der Waals surface area contributed by atoms with E-state index >= 15 is 0 Å². The van der Waals surface area contributed by atoms with Crippen molar-refractivity contribution in [3.63, 3.8) is 0 Å². The Morgan fingerprint density at radius 1 is 1.23 bits per heavy atom. The van der Waals surface area contributed by atoms with E-state index in [1.807, 2.05) is 39.0 Å². The molecule has 0 bridgehead atoms. The van der Waals surface area contributed by atoms with Gasteiger partial charge in [-0.3, -0.25) is 19.5 Å². The van der Waals surface area contributed by atoms with Crippen LogP contribution in [0.2, 0.25) is 0 Å². The summed E-state index contributed by atoms with van der Waals surface area (Å²) in [6.07, 6.45) is 1.75. The molecule has 3 aliphatic rings. The summed E-state index contributed by atoms with van der Waals surface area (Å²) in [7, 11) is 2.09. The average Bonchev–Trinajstić information content (AvgIpc) is 3.18. The summed E-state index contributed by atoms with van der Waals surface area (Å²) in [6, 6.07) is 5.82. The van der Waals surface area contributed by atoms with Crippen molar-refractivity contribution in [2.45, 2.75) is 46.9 Å². The van der Waals surface area contributed by atoms with E-state index in [0.29, 0.717) is 25.3 Å². The Hall–Kier alpha value is -3.08. The van der Waals surface area contributed by atoms with Gasteiger partial charge in [0.15, 0.2) is 0 Å². The van der Waals surface area contributed by atoms with E-state index in [4.69, 9.17) is 9.47 Å². The lowest BCUT2D eigenvalue weighted by Crippen LogP contribution is -2.42. The van der Waals surface area contributed by atoms with E-state index in [2.05, 4.69) is 21.5 Å². The molecule has 2 amide bonds. The molecule has 3 fully saturated rings. The molecule has 206 valence electrons. The zero-order chi connectivity index (χ0) is 27.6. The number of hydrogen-bond acceptors (Lipinski definition) is 8. The minimum absolute atomic E-state index is 0.0113. The van der Waals surface area contributed by atoms with Gasteiger partial charge >= 0.3 is 5.97 Å². The van der Waals surface area contributed by atoms with Gasteiger partial charge in [-0.15, -0.1) is 11.3 Å². The molecule has 1 aliphatic carbocycles. The molecule has 2 unspecified atom stereocenters. The predicted octanol–water partition coefficient (Wildman–Crippen LogP) is 3.72. The second-order valence-electron chi connectivity index (χ2n) is 11.4. The molecular formula is C29H34N4O5S. The first kappa shape index (κ1) is 26.2. The monoisotopic (exact) mass is 550 g/mol. The Morgan fingerprint density at radius 3 is 2.67 bits per heavy atom. The maximum Gasteiger partial charge on any atom is 0.339 e. The van der Waals surface area contributed by atoms with E-state index in [1.54, 1.807) is 13.1 Å². The SMILES string of the molecule is CCOC(=O)c1cc(-c2ccnc3cc(CN4C(=O)C5C(C4=O)C5(C)C)sc23)n(C[C@@H]2CN(C)CCO2)c1C. The Bertz CT molecular complexity index is 1470. The molecule has 10 heteroatoms. The molecule has 0 N–H and O–H groups in total.